The zero-order valence-corrected chi connectivity index (χ0v) is 15.5. The summed E-state index contributed by atoms with van der Waals surface area (Å²) in [5.74, 6) is 1.83. The Labute approximate surface area is 150 Å². The molecule has 5 heteroatoms. The molecule has 0 spiro atoms. The minimum absolute atomic E-state index is 0.281. The highest BCUT2D eigenvalue weighted by molar-refractivity contribution is 5.77. The number of carbonyl (C=O) groups excluding carboxylic acids is 1. The first-order valence-electron chi connectivity index (χ1n) is 9.43. The van der Waals surface area contributed by atoms with Gasteiger partial charge in [-0.3, -0.25) is 4.79 Å². The average molecular weight is 346 g/mol. The highest BCUT2D eigenvalue weighted by atomic mass is 16.5. The third kappa shape index (κ3) is 4.66. The second-order valence-corrected chi connectivity index (χ2v) is 7.11. The molecule has 1 unspecified atom stereocenters. The van der Waals surface area contributed by atoms with Gasteiger partial charge in [-0.2, -0.15) is 0 Å². The summed E-state index contributed by atoms with van der Waals surface area (Å²) in [6.45, 7) is 4.36. The van der Waals surface area contributed by atoms with Crippen LogP contribution in [0.2, 0.25) is 0 Å². The van der Waals surface area contributed by atoms with Gasteiger partial charge in [0.2, 0.25) is 5.91 Å². The molecular formula is C20H30N2O3. The van der Waals surface area contributed by atoms with Crippen LogP contribution in [0.1, 0.15) is 37.7 Å². The van der Waals surface area contributed by atoms with E-state index in [-0.39, 0.29) is 5.91 Å². The molecule has 0 saturated carbocycles. The summed E-state index contributed by atoms with van der Waals surface area (Å²) in [5, 5.41) is 0. The molecule has 2 aliphatic rings. The van der Waals surface area contributed by atoms with E-state index in [0.29, 0.717) is 12.5 Å². The van der Waals surface area contributed by atoms with E-state index in [0.717, 1.165) is 49.4 Å². The van der Waals surface area contributed by atoms with Crippen LogP contribution in [0.15, 0.2) is 18.2 Å². The van der Waals surface area contributed by atoms with Crippen molar-refractivity contribution in [3.05, 3.63) is 23.8 Å². The van der Waals surface area contributed by atoms with Gasteiger partial charge >= 0.3 is 0 Å². The van der Waals surface area contributed by atoms with Gasteiger partial charge in [0.15, 0.2) is 0 Å². The largest absolute Gasteiger partial charge is 0.497 e. The van der Waals surface area contributed by atoms with Crippen LogP contribution in [-0.2, 0) is 11.2 Å². The predicted molar refractivity (Wildman–Crippen MR) is 98.3 cm³/mol. The van der Waals surface area contributed by atoms with E-state index in [2.05, 4.69) is 9.80 Å². The molecule has 1 aromatic rings. The fourth-order valence-electron chi connectivity index (χ4n) is 4.02. The minimum Gasteiger partial charge on any atom is -0.497 e. The molecule has 25 heavy (non-hydrogen) atoms. The third-order valence-corrected chi connectivity index (χ3v) is 5.40. The molecule has 138 valence electrons. The van der Waals surface area contributed by atoms with Gasteiger partial charge in [0.1, 0.15) is 11.5 Å². The highest BCUT2D eigenvalue weighted by Gasteiger charge is 2.30. The molecule has 0 radical (unpaired) electrons. The highest BCUT2D eigenvalue weighted by Crippen LogP contribution is 2.25. The maximum Gasteiger partial charge on any atom is 0.223 e. The van der Waals surface area contributed by atoms with E-state index < -0.39 is 0 Å². The summed E-state index contributed by atoms with van der Waals surface area (Å²) >= 11 is 0. The summed E-state index contributed by atoms with van der Waals surface area (Å²) < 4.78 is 10.6. The van der Waals surface area contributed by atoms with Crippen molar-refractivity contribution < 1.29 is 14.3 Å². The van der Waals surface area contributed by atoms with Gasteiger partial charge in [0.25, 0.3) is 0 Å². The van der Waals surface area contributed by atoms with E-state index in [1.807, 2.05) is 18.2 Å². The lowest BCUT2D eigenvalue weighted by Crippen LogP contribution is -2.42. The Morgan fingerprint density at radius 3 is 2.36 bits per heavy atom. The van der Waals surface area contributed by atoms with E-state index in [9.17, 15) is 4.79 Å². The third-order valence-electron chi connectivity index (χ3n) is 5.40. The number of methoxy groups -OCH3 is 2. The van der Waals surface area contributed by atoms with E-state index in [1.165, 1.54) is 25.9 Å². The minimum atomic E-state index is 0.281. The number of benzene rings is 1. The molecular weight excluding hydrogens is 316 g/mol. The predicted octanol–water partition coefficient (Wildman–Crippen LogP) is 2.72. The maximum absolute atomic E-state index is 12.8. The molecule has 5 nitrogen and oxygen atoms in total. The molecule has 0 aromatic heterocycles. The van der Waals surface area contributed by atoms with Crippen LogP contribution in [-0.4, -0.2) is 62.1 Å². The fourth-order valence-corrected chi connectivity index (χ4v) is 4.02. The summed E-state index contributed by atoms with van der Waals surface area (Å²) in [6, 6.07) is 6.24. The molecule has 1 atom stereocenters. The van der Waals surface area contributed by atoms with Crippen LogP contribution in [0.4, 0.5) is 0 Å². The summed E-state index contributed by atoms with van der Waals surface area (Å²) in [5.41, 5.74) is 1.08. The van der Waals surface area contributed by atoms with E-state index in [4.69, 9.17) is 9.47 Å². The molecule has 2 fully saturated rings. The molecule has 2 aliphatic heterocycles. The van der Waals surface area contributed by atoms with Gasteiger partial charge in [0.05, 0.1) is 14.2 Å². The number of ether oxygens (including phenoxy) is 2. The average Bonchev–Trinajstić information content (AvgIpc) is 3.31. The lowest BCUT2D eigenvalue weighted by Gasteiger charge is -2.28. The Morgan fingerprint density at radius 1 is 1.04 bits per heavy atom. The van der Waals surface area contributed by atoms with Crippen molar-refractivity contribution in [3.8, 4) is 11.5 Å². The Bertz CT molecular complexity index is 562. The van der Waals surface area contributed by atoms with Crippen molar-refractivity contribution in [3.63, 3.8) is 0 Å². The molecule has 3 rings (SSSR count). The molecule has 2 heterocycles. The quantitative estimate of drug-likeness (QED) is 0.761. The van der Waals surface area contributed by atoms with Gasteiger partial charge in [-0.1, -0.05) is 0 Å². The van der Waals surface area contributed by atoms with Crippen LogP contribution >= 0.6 is 0 Å². The van der Waals surface area contributed by atoms with E-state index in [1.54, 1.807) is 14.2 Å². The standard InChI is InChI=1S/C20H30N2O3/c1-24-18-12-16(13-19(14-18)25-2)7-8-20(23)22-11-5-6-17(22)15-21-9-3-4-10-21/h12-14,17H,3-11,15H2,1-2H3. The second kappa shape index (κ2) is 8.56. The van der Waals surface area contributed by atoms with Gasteiger partial charge in [-0.05, 0) is 62.9 Å². The Hall–Kier alpha value is -1.75. The Morgan fingerprint density at radius 2 is 1.72 bits per heavy atom. The zero-order chi connectivity index (χ0) is 17.6. The van der Waals surface area contributed by atoms with Crippen molar-refractivity contribution >= 4 is 5.91 Å². The van der Waals surface area contributed by atoms with Crippen molar-refractivity contribution in [2.45, 2.75) is 44.6 Å². The first-order chi connectivity index (χ1) is 12.2. The second-order valence-electron chi connectivity index (χ2n) is 7.11. The summed E-state index contributed by atoms with van der Waals surface area (Å²) in [7, 11) is 3.30. The lowest BCUT2D eigenvalue weighted by molar-refractivity contribution is -0.132. The topological polar surface area (TPSA) is 42.0 Å². The normalized spacial score (nSPS) is 20.9. The number of rotatable bonds is 7. The fraction of sp³-hybridized carbons (Fsp3) is 0.650. The number of aryl methyl sites for hydroxylation is 1. The molecule has 2 saturated heterocycles. The van der Waals surface area contributed by atoms with Gasteiger partial charge in [-0.15, -0.1) is 0 Å². The maximum atomic E-state index is 12.8. The number of hydrogen-bond acceptors (Lipinski definition) is 4. The van der Waals surface area contributed by atoms with Crippen molar-refractivity contribution in [1.29, 1.82) is 0 Å². The van der Waals surface area contributed by atoms with Crippen LogP contribution in [0.25, 0.3) is 0 Å². The SMILES string of the molecule is COc1cc(CCC(=O)N2CCCC2CN2CCCC2)cc(OC)c1. The van der Waals surface area contributed by atoms with Gasteiger partial charge < -0.3 is 19.3 Å². The molecule has 0 N–H and O–H groups in total. The van der Waals surface area contributed by atoms with Crippen molar-refractivity contribution in [1.82, 2.24) is 9.80 Å². The van der Waals surface area contributed by atoms with E-state index >= 15 is 0 Å². The zero-order valence-electron chi connectivity index (χ0n) is 15.5. The molecule has 1 amide bonds. The summed E-state index contributed by atoms with van der Waals surface area (Å²) in [4.78, 5) is 17.4. The lowest BCUT2D eigenvalue weighted by atomic mass is 10.1. The number of likely N-dealkylation sites (tertiary alicyclic amines) is 2. The van der Waals surface area contributed by atoms with Crippen LogP contribution in [0, 0.1) is 0 Å². The first-order valence-corrected chi connectivity index (χ1v) is 9.43. The van der Waals surface area contributed by atoms with Gasteiger partial charge in [0, 0.05) is 31.6 Å². The van der Waals surface area contributed by atoms with Crippen LogP contribution in [0.5, 0.6) is 11.5 Å². The molecule has 1 aromatic carbocycles. The number of nitrogens with zero attached hydrogens (tertiary/aromatic N) is 2. The van der Waals surface area contributed by atoms with Crippen LogP contribution in [0.3, 0.4) is 0 Å². The van der Waals surface area contributed by atoms with Crippen molar-refractivity contribution in [2.24, 2.45) is 0 Å². The number of hydrogen-bond donors (Lipinski definition) is 0. The first kappa shape index (κ1) is 18.1. The smallest absolute Gasteiger partial charge is 0.223 e. The Balaban J connectivity index is 1.56. The monoisotopic (exact) mass is 346 g/mol. The number of amides is 1. The van der Waals surface area contributed by atoms with Crippen LogP contribution < -0.4 is 9.47 Å². The van der Waals surface area contributed by atoms with Crippen molar-refractivity contribution in [2.75, 3.05) is 40.4 Å². The summed E-state index contributed by atoms with van der Waals surface area (Å²) in [6.07, 6.45) is 6.16. The number of carbonyl (C=O) groups is 1. The molecule has 0 bridgehead atoms. The van der Waals surface area contributed by atoms with Gasteiger partial charge in [-0.25, -0.2) is 0 Å². The Kier molecular flexibility index (Phi) is 6.19. The molecule has 0 aliphatic carbocycles.